The number of alkyl halides is 4. The van der Waals surface area contributed by atoms with Crippen LogP contribution in [0, 0.1) is 5.92 Å². The third-order valence-corrected chi connectivity index (χ3v) is 5.01. The first kappa shape index (κ1) is 22.6. The molecule has 1 aliphatic heterocycles. The molecule has 1 unspecified atom stereocenters. The summed E-state index contributed by atoms with van der Waals surface area (Å²) in [7, 11) is 0. The summed E-state index contributed by atoms with van der Waals surface area (Å²) in [6.45, 7) is 1.70. The summed E-state index contributed by atoms with van der Waals surface area (Å²) in [5.74, 6) is -2.35. The van der Waals surface area contributed by atoms with Crippen LogP contribution in [-0.2, 0) is 22.7 Å². The molecule has 2 aromatic rings. The molecule has 31 heavy (non-hydrogen) atoms. The third-order valence-electron chi connectivity index (χ3n) is 5.01. The maximum absolute atomic E-state index is 13.1. The average Bonchev–Trinajstić information content (AvgIpc) is 3.04. The number of aromatic nitrogens is 2. The number of carboxylic acids is 1. The molecule has 1 fully saturated rings. The summed E-state index contributed by atoms with van der Waals surface area (Å²) < 4.78 is 53.0. The molecule has 1 amide bonds. The van der Waals surface area contributed by atoms with Gasteiger partial charge in [-0.2, -0.15) is 13.2 Å². The number of aliphatic carboxylic acids is 1. The van der Waals surface area contributed by atoms with Gasteiger partial charge in [0.15, 0.2) is 0 Å². The highest BCUT2D eigenvalue weighted by molar-refractivity contribution is 5.80. The highest BCUT2D eigenvalue weighted by atomic mass is 19.4. The Bertz CT molecular complexity index is 897. The standard InChI is InChI=1S/C18H20FN3O2.C2HF3O2/c19-14-8-13(9-14)18(23)22-10-15-4-3-7-21(15)11-16(12-22)24-17-5-1-2-6-20-17;3-2(4,5)1(6)7/h1-7,13-14,16H,8-12H2;(H,6,7). The van der Waals surface area contributed by atoms with Gasteiger partial charge in [-0.3, -0.25) is 4.79 Å². The predicted octanol–water partition coefficient (Wildman–Crippen LogP) is 3.05. The molecule has 1 N–H and O–H groups in total. The zero-order chi connectivity index (χ0) is 22.6. The minimum Gasteiger partial charge on any atom is -0.475 e. The van der Waals surface area contributed by atoms with Crippen molar-refractivity contribution in [3.05, 3.63) is 48.4 Å². The number of hydrogen-bond donors (Lipinski definition) is 1. The Morgan fingerprint density at radius 1 is 1.13 bits per heavy atom. The first-order chi connectivity index (χ1) is 14.6. The number of carbonyl (C=O) groups is 2. The van der Waals surface area contributed by atoms with Crippen molar-refractivity contribution in [2.24, 2.45) is 5.92 Å². The molecule has 1 saturated carbocycles. The minimum atomic E-state index is -5.08. The van der Waals surface area contributed by atoms with Crippen molar-refractivity contribution in [1.29, 1.82) is 0 Å². The summed E-state index contributed by atoms with van der Waals surface area (Å²) >= 11 is 0. The van der Waals surface area contributed by atoms with Crippen LogP contribution in [0.2, 0.25) is 0 Å². The van der Waals surface area contributed by atoms with Gasteiger partial charge >= 0.3 is 12.1 Å². The molecular weight excluding hydrogens is 422 g/mol. The van der Waals surface area contributed by atoms with E-state index in [9.17, 15) is 22.4 Å². The summed E-state index contributed by atoms with van der Waals surface area (Å²) in [6, 6.07) is 9.51. The topological polar surface area (TPSA) is 84.7 Å². The van der Waals surface area contributed by atoms with Crippen LogP contribution in [0.5, 0.6) is 5.88 Å². The van der Waals surface area contributed by atoms with E-state index >= 15 is 0 Å². The van der Waals surface area contributed by atoms with Crippen LogP contribution >= 0.6 is 0 Å². The molecule has 0 bridgehead atoms. The first-order valence-corrected chi connectivity index (χ1v) is 9.58. The molecule has 2 aromatic heterocycles. The Labute approximate surface area is 175 Å². The number of ether oxygens (including phenoxy) is 1. The van der Waals surface area contributed by atoms with Crippen LogP contribution in [0.1, 0.15) is 18.5 Å². The fraction of sp³-hybridized carbons (Fsp3) is 0.450. The molecular formula is C20H21F4N3O4. The molecule has 1 aliphatic carbocycles. The summed E-state index contributed by atoms with van der Waals surface area (Å²) in [4.78, 5) is 27.6. The van der Waals surface area contributed by atoms with Crippen molar-refractivity contribution < 1.29 is 37.0 Å². The second-order valence-electron chi connectivity index (χ2n) is 7.35. The second-order valence-corrected chi connectivity index (χ2v) is 7.35. The van der Waals surface area contributed by atoms with Gasteiger partial charge in [0.1, 0.15) is 12.3 Å². The van der Waals surface area contributed by atoms with Crippen molar-refractivity contribution in [3.8, 4) is 5.88 Å². The van der Waals surface area contributed by atoms with Crippen LogP contribution in [0.3, 0.4) is 0 Å². The molecule has 7 nitrogen and oxygen atoms in total. The Kier molecular flexibility index (Phi) is 6.81. The van der Waals surface area contributed by atoms with E-state index in [0.29, 0.717) is 38.4 Å². The van der Waals surface area contributed by atoms with Gasteiger partial charge in [0.25, 0.3) is 0 Å². The van der Waals surface area contributed by atoms with Crippen molar-refractivity contribution in [2.75, 3.05) is 6.54 Å². The molecule has 1 atom stereocenters. The third kappa shape index (κ3) is 5.96. The SMILES string of the molecule is O=C(C1CC(F)C1)N1Cc2cccn2CC(Oc2ccccn2)C1.O=C(O)C(F)(F)F. The molecule has 0 spiro atoms. The largest absolute Gasteiger partial charge is 0.490 e. The van der Waals surface area contributed by atoms with E-state index in [1.54, 1.807) is 6.20 Å². The van der Waals surface area contributed by atoms with E-state index in [-0.39, 0.29) is 17.9 Å². The van der Waals surface area contributed by atoms with Crippen molar-refractivity contribution in [2.45, 2.75) is 44.4 Å². The van der Waals surface area contributed by atoms with Crippen LogP contribution in [0.25, 0.3) is 0 Å². The Morgan fingerprint density at radius 3 is 2.42 bits per heavy atom. The fourth-order valence-electron chi connectivity index (χ4n) is 3.39. The van der Waals surface area contributed by atoms with Gasteiger partial charge in [-0.15, -0.1) is 0 Å². The number of fused-ring (bicyclic) bond motifs is 1. The van der Waals surface area contributed by atoms with E-state index in [2.05, 4.69) is 9.55 Å². The Balaban J connectivity index is 0.000000339. The van der Waals surface area contributed by atoms with E-state index in [1.807, 2.05) is 41.4 Å². The summed E-state index contributed by atoms with van der Waals surface area (Å²) in [5, 5.41) is 7.12. The fourth-order valence-corrected chi connectivity index (χ4v) is 3.39. The van der Waals surface area contributed by atoms with Crippen LogP contribution in [0.4, 0.5) is 17.6 Å². The normalized spacial score (nSPS) is 22.8. The molecule has 0 radical (unpaired) electrons. The number of carboxylic acid groups (broad SMARTS) is 1. The Morgan fingerprint density at radius 2 is 1.84 bits per heavy atom. The van der Waals surface area contributed by atoms with Crippen LogP contribution in [0.15, 0.2) is 42.7 Å². The average molecular weight is 443 g/mol. The van der Waals surface area contributed by atoms with E-state index < -0.39 is 18.3 Å². The number of hydrogen-bond acceptors (Lipinski definition) is 4. The van der Waals surface area contributed by atoms with Gasteiger partial charge < -0.3 is 19.3 Å². The highest BCUT2D eigenvalue weighted by Gasteiger charge is 2.39. The van der Waals surface area contributed by atoms with Gasteiger partial charge in [-0.05, 0) is 31.0 Å². The number of halogens is 4. The van der Waals surface area contributed by atoms with Crippen molar-refractivity contribution in [3.63, 3.8) is 0 Å². The number of nitrogens with zero attached hydrogens (tertiary/aromatic N) is 3. The maximum Gasteiger partial charge on any atom is 0.490 e. The predicted molar refractivity (Wildman–Crippen MR) is 99.8 cm³/mol. The van der Waals surface area contributed by atoms with Gasteiger partial charge in [0, 0.05) is 30.1 Å². The summed E-state index contributed by atoms with van der Waals surface area (Å²) in [6.07, 6.45) is -1.70. The second kappa shape index (κ2) is 9.36. The first-order valence-electron chi connectivity index (χ1n) is 9.58. The number of pyridine rings is 1. The monoisotopic (exact) mass is 443 g/mol. The van der Waals surface area contributed by atoms with Crippen LogP contribution in [-0.4, -0.2) is 56.4 Å². The van der Waals surface area contributed by atoms with Gasteiger partial charge in [0.2, 0.25) is 11.8 Å². The smallest absolute Gasteiger partial charge is 0.475 e. The number of amides is 1. The van der Waals surface area contributed by atoms with Gasteiger partial charge in [-0.25, -0.2) is 14.2 Å². The molecule has 168 valence electrons. The molecule has 11 heteroatoms. The van der Waals surface area contributed by atoms with Gasteiger partial charge in [0.05, 0.1) is 19.6 Å². The van der Waals surface area contributed by atoms with Crippen molar-refractivity contribution >= 4 is 11.9 Å². The Hall–Kier alpha value is -3.11. The quantitative estimate of drug-likeness (QED) is 0.738. The lowest BCUT2D eigenvalue weighted by Gasteiger charge is -2.34. The lowest BCUT2D eigenvalue weighted by atomic mass is 9.82. The molecule has 0 saturated heterocycles. The minimum absolute atomic E-state index is 0.0353. The number of rotatable bonds is 3. The zero-order valence-corrected chi connectivity index (χ0v) is 16.3. The van der Waals surface area contributed by atoms with E-state index in [4.69, 9.17) is 14.6 Å². The lowest BCUT2D eigenvalue weighted by Crippen LogP contribution is -2.45. The zero-order valence-electron chi connectivity index (χ0n) is 16.3. The summed E-state index contributed by atoms with van der Waals surface area (Å²) in [5.41, 5.74) is 1.08. The van der Waals surface area contributed by atoms with Crippen molar-refractivity contribution in [1.82, 2.24) is 14.5 Å². The molecule has 4 rings (SSSR count). The van der Waals surface area contributed by atoms with Crippen LogP contribution < -0.4 is 4.74 Å². The maximum atomic E-state index is 13.1. The highest BCUT2D eigenvalue weighted by Crippen LogP contribution is 2.32. The molecule has 2 aliphatic rings. The molecule has 0 aromatic carbocycles. The molecule has 3 heterocycles. The van der Waals surface area contributed by atoms with E-state index in [1.165, 1.54) is 0 Å². The lowest BCUT2D eigenvalue weighted by molar-refractivity contribution is -0.192. The van der Waals surface area contributed by atoms with Gasteiger partial charge in [-0.1, -0.05) is 6.07 Å². The van der Waals surface area contributed by atoms with E-state index in [0.717, 1.165) is 5.69 Å². The number of carbonyl (C=O) groups excluding carboxylic acids is 1.